The van der Waals surface area contributed by atoms with Gasteiger partial charge in [-0.1, -0.05) is 0 Å². The second-order valence-corrected chi connectivity index (χ2v) is 5.76. The van der Waals surface area contributed by atoms with Crippen molar-refractivity contribution in [3.63, 3.8) is 0 Å². The van der Waals surface area contributed by atoms with E-state index in [0.717, 1.165) is 39.4 Å². The molecule has 2 aliphatic heterocycles. The highest BCUT2D eigenvalue weighted by atomic mass is 35.5. The molecule has 1 aliphatic carbocycles. The zero-order chi connectivity index (χ0) is 11.4. The molecular weight excluding hydrogens is 226 g/mol. The third-order valence-electron chi connectivity index (χ3n) is 4.28. The molecule has 3 atom stereocenters. The molecular formula is C11H16ClN3O. The van der Waals surface area contributed by atoms with Gasteiger partial charge in [0.25, 0.3) is 0 Å². The van der Waals surface area contributed by atoms with Crippen molar-refractivity contribution in [3.05, 3.63) is 0 Å². The van der Waals surface area contributed by atoms with Gasteiger partial charge in [-0.05, 0) is 7.05 Å². The number of fused-ring (bicyclic) bond motifs is 1. The minimum absolute atomic E-state index is 0.301. The van der Waals surface area contributed by atoms with E-state index in [4.69, 9.17) is 16.3 Å². The molecule has 0 N–H and O–H groups in total. The summed E-state index contributed by atoms with van der Waals surface area (Å²) in [5, 5.41) is 9.53. The van der Waals surface area contributed by atoms with E-state index in [1.807, 2.05) is 0 Å². The quantitative estimate of drug-likeness (QED) is 0.612. The number of piperidine rings is 1. The summed E-state index contributed by atoms with van der Waals surface area (Å²) >= 11 is 6.65. The molecule has 0 aromatic rings. The van der Waals surface area contributed by atoms with Crippen LogP contribution in [0.5, 0.6) is 0 Å². The summed E-state index contributed by atoms with van der Waals surface area (Å²) in [4.78, 5) is 4.11. The number of morpholine rings is 1. The molecule has 88 valence electrons. The molecule has 0 radical (unpaired) electrons. The first kappa shape index (κ1) is 10.8. The Morgan fingerprint density at radius 1 is 1.44 bits per heavy atom. The Morgan fingerprint density at radius 2 is 2.12 bits per heavy atom. The molecule has 0 spiro atoms. The van der Waals surface area contributed by atoms with Gasteiger partial charge in [-0.3, -0.25) is 4.90 Å². The average Bonchev–Trinajstić information content (AvgIpc) is 2.60. The van der Waals surface area contributed by atoms with E-state index in [0.29, 0.717) is 5.92 Å². The van der Waals surface area contributed by atoms with Gasteiger partial charge in [0.05, 0.1) is 24.2 Å². The van der Waals surface area contributed by atoms with E-state index in [1.54, 1.807) is 0 Å². The van der Waals surface area contributed by atoms with Gasteiger partial charge in [0.1, 0.15) is 5.54 Å². The van der Waals surface area contributed by atoms with Gasteiger partial charge in [-0.15, -0.1) is 11.6 Å². The molecule has 3 rings (SSSR count). The molecule has 4 nitrogen and oxygen atoms in total. The summed E-state index contributed by atoms with van der Waals surface area (Å²) in [6, 6.07) is 2.50. The minimum atomic E-state index is -0.426. The number of rotatable bonds is 1. The lowest BCUT2D eigenvalue weighted by Gasteiger charge is -2.35. The Morgan fingerprint density at radius 3 is 2.62 bits per heavy atom. The Kier molecular flexibility index (Phi) is 2.25. The first-order chi connectivity index (χ1) is 7.65. The van der Waals surface area contributed by atoms with Crippen LogP contribution in [0.3, 0.4) is 0 Å². The lowest BCUT2D eigenvalue weighted by Crippen LogP contribution is -2.51. The molecule has 1 saturated carbocycles. The number of likely N-dealkylation sites (tertiary alicyclic amines) is 1. The molecule has 3 aliphatic rings. The van der Waals surface area contributed by atoms with Gasteiger partial charge >= 0.3 is 0 Å². The third kappa shape index (κ3) is 1.10. The summed E-state index contributed by atoms with van der Waals surface area (Å²) in [6.07, 6.45) is 0. The van der Waals surface area contributed by atoms with Crippen molar-refractivity contribution in [3.8, 4) is 6.07 Å². The molecule has 0 aromatic carbocycles. The van der Waals surface area contributed by atoms with Crippen molar-refractivity contribution in [1.82, 2.24) is 9.80 Å². The van der Waals surface area contributed by atoms with E-state index in [1.165, 1.54) is 0 Å². The fourth-order valence-electron chi connectivity index (χ4n) is 3.48. The van der Waals surface area contributed by atoms with Gasteiger partial charge in [0, 0.05) is 32.1 Å². The fourth-order valence-corrected chi connectivity index (χ4v) is 4.15. The van der Waals surface area contributed by atoms with Crippen LogP contribution in [0.25, 0.3) is 0 Å². The predicted octanol–water partition coefficient (Wildman–Crippen LogP) is 0.134. The smallest absolute Gasteiger partial charge is 0.136 e. The molecule has 0 unspecified atom stereocenters. The number of ether oxygens (including phenoxy) is 1. The SMILES string of the molecule is CN1C[C@@H]2[C@](Cl)(C1)[C@]2(C#N)N1CCOCC1. The van der Waals surface area contributed by atoms with Gasteiger partial charge in [0.15, 0.2) is 0 Å². The largest absolute Gasteiger partial charge is 0.379 e. The highest BCUT2D eigenvalue weighted by molar-refractivity contribution is 6.29. The maximum Gasteiger partial charge on any atom is 0.136 e. The van der Waals surface area contributed by atoms with Gasteiger partial charge in [-0.25, -0.2) is 0 Å². The summed E-state index contributed by atoms with van der Waals surface area (Å²) in [6.45, 7) is 4.88. The Labute approximate surface area is 101 Å². The van der Waals surface area contributed by atoms with Crippen molar-refractivity contribution in [2.75, 3.05) is 46.4 Å². The number of halogens is 1. The Bertz CT molecular complexity index is 352. The molecule has 2 heterocycles. The lowest BCUT2D eigenvalue weighted by molar-refractivity contribution is 0.0123. The van der Waals surface area contributed by atoms with E-state index in [2.05, 4.69) is 22.9 Å². The predicted molar refractivity (Wildman–Crippen MR) is 60.3 cm³/mol. The van der Waals surface area contributed by atoms with Gasteiger partial charge in [-0.2, -0.15) is 5.26 Å². The number of alkyl halides is 1. The fraction of sp³-hybridized carbons (Fsp3) is 0.909. The van der Waals surface area contributed by atoms with E-state index >= 15 is 0 Å². The summed E-state index contributed by atoms with van der Waals surface area (Å²) < 4.78 is 5.34. The Hall–Kier alpha value is -0.340. The molecule has 0 bridgehead atoms. The summed E-state index contributed by atoms with van der Waals surface area (Å²) in [7, 11) is 2.07. The van der Waals surface area contributed by atoms with Crippen molar-refractivity contribution in [1.29, 1.82) is 5.26 Å². The van der Waals surface area contributed by atoms with Crippen LogP contribution in [-0.2, 0) is 4.74 Å². The van der Waals surface area contributed by atoms with E-state index in [-0.39, 0.29) is 4.87 Å². The molecule has 5 heteroatoms. The first-order valence-electron chi connectivity index (χ1n) is 5.76. The molecule has 16 heavy (non-hydrogen) atoms. The number of nitriles is 1. The topological polar surface area (TPSA) is 39.5 Å². The van der Waals surface area contributed by atoms with E-state index in [9.17, 15) is 5.26 Å². The van der Waals surface area contributed by atoms with Crippen LogP contribution in [0.15, 0.2) is 0 Å². The standard InChI is InChI=1S/C11H16ClN3O/c1-14-6-9-10(12,8-14)11(9,7-13)15-2-4-16-5-3-15/h9H,2-6,8H2,1H3/t9-,10-,11-/m1/s1. The minimum Gasteiger partial charge on any atom is -0.379 e. The second kappa shape index (κ2) is 3.33. The Balaban J connectivity index is 1.85. The summed E-state index contributed by atoms with van der Waals surface area (Å²) in [5.41, 5.74) is -0.426. The van der Waals surface area contributed by atoms with Crippen molar-refractivity contribution >= 4 is 11.6 Å². The number of hydrogen-bond acceptors (Lipinski definition) is 4. The monoisotopic (exact) mass is 241 g/mol. The highest BCUT2D eigenvalue weighted by Crippen LogP contribution is 2.65. The zero-order valence-corrected chi connectivity index (χ0v) is 10.2. The van der Waals surface area contributed by atoms with Crippen molar-refractivity contribution < 1.29 is 4.74 Å². The third-order valence-corrected chi connectivity index (χ3v) is 4.95. The van der Waals surface area contributed by atoms with Crippen LogP contribution in [0.1, 0.15) is 0 Å². The number of nitrogens with zero attached hydrogens (tertiary/aromatic N) is 3. The highest BCUT2D eigenvalue weighted by Gasteiger charge is 2.82. The lowest BCUT2D eigenvalue weighted by atomic mass is 10.1. The molecule has 2 saturated heterocycles. The summed E-state index contributed by atoms with van der Waals surface area (Å²) in [5.74, 6) is 0.301. The average molecular weight is 242 g/mol. The van der Waals surface area contributed by atoms with Gasteiger partial charge in [0.2, 0.25) is 0 Å². The maximum atomic E-state index is 9.53. The van der Waals surface area contributed by atoms with Crippen LogP contribution in [0.2, 0.25) is 0 Å². The van der Waals surface area contributed by atoms with Crippen molar-refractivity contribution in [2.45, 2.75) is 10.4 Å². The number of hydrogen-bond donors (Lipinski definition) is 0. The molecule has 3 fully saturated rings. The van der Waals surface area contributed by atoms with Gasteiger partial charge < -0.3 is 9.64 Å². The van der Waals surface area contributed by atoms with Crippen molar-refractivity contribution in [2.24, 2.45) is 5.92 Å². The van der Waals surface area contributed by atoms with Crippen LogP contribution < -0.4 is 0 Å². The van der Waals surface area contributed by atoms with Crippen LogP contribution in [0.4, 0.5) is 0 Å². The zero-order valence-electron chi connectivity index (χ0n) is 9.45. The maximum absolute atomic E-state index is 9.53. The van der Waals surface area contributed by atoms with Crippen LogP contribution in [-0.4, -0.2) is 66.7 Å². The molecule has 0 amide bonds. The van der Waals surface area contributed by atoms with Crippen LogP contribution >= 0.6 is 11.6 Å². The molecule has 0 aromatic heterocycles. The normalized spacial score (nSPS) is 48.7. The van der Waals surface area contributed by atoms with Crippen LogP contribution in [0, 0.1) is 17.2 Å². The van der Waals surface area contributed by atoms with E-state index < -0.39 is 5.54 Å². The second-order valence-electron chi connectivity index (χ2n) is 5.09. The first-order valence-corrected chi connectivity index (χ1v) is 6.14.